The number of carbonyl (C=O) groups is 1. The minimum Gasteiger partial charge on any atom is -0.479 e. The van der Waals surface area contributed by atoms with Crippen LogP contribution < -0.4 is 0 Å². The van der Waals surface area contributed by atoms with Gasteiger partial charge in [-0.15, -0.1) is 0 Å². The fourth-order valence-corrected chi connectivity index (χ4v) is 1.09. The highest BCUT2D eigenvalue weighted by Gasteiger charge is 2.36. The smallest absolute Gasteiger partial charge is 0.338 e. The van der Waals surface area contributed by atoms with Gasteiger partial charge in [0.05, 0.1) is 0 Å². The van der Waals surface area contributed by atoms with Crippen molar-refractivity contribution in [3.63, 3.8) is 0 Å². The number of aliphatic carboxylic acids is 1. The molecule has 0 aromatic rings. The van der Waals surface area contributed by atoms with Crippen LogP contribution in [0.4, 0.5) is 4.39 Å². The van der Waals surface area contributed by atoms with Crippen LogP contribution in [0.25, 0.3) is 0 Å². The molecule has 58 valence electrons. The summed E-state index contributed by atoms with van der Waals surface area (Å²) in [6.45, 7) is 1.66. The second kappa shape index (κ2) is 2.56. The first-order chi connectivity index (χ1) is 4.63. The van der Waals surface area contributed by atoms with Crippen LogP contribution in [0.1, 0.15) is 19.8 Å². The van der Waals surface area contributed by atoms with Crippen molar-refractivity contribution in [1.82, 2.24) is 0 Å². The van der Waals surface area contributed by atoms with Crippen molar-refractivity contribution in [2.45, 2.75) is 25.9 Å². The summed E-state index contributed by atoms with van der Waals surface area (Å²) in [6.07, 6.45) is 0.330. The summed E-state index contributed by atoms with van der Waals surface area (Å²) in [5, 5.41) is 8.25. The highest BCUT2D eigenvalue weighted by Crippen LogP contribution is 2.38. The van der Waals surface area contributed by atoms with E-state index in [-0.39, 0.29) is 5.92 Å². The van der Waals surface area contributed by atoms with Gasteiger partial charge in [-0.1, -0.05) is 6.92 Å². The van der Waals surface area contributed by atoms with Gasteiger partial charge in [-0.3, -0.25) is 0 Å². The zero-order chi connectivity index (χ0) is 7.72. The Labute approximate surface area is 59.0 Å². The summed E-state index contributed by atoms with van der Waals surface area (Å²) in [6, 6.07) is 0. The van der Waals surface area contributed by atoms with Crippen LogP contribution in [0.15, 0.2) is 0 Å². The van der Waals surface area contributed by atoms with Crippen LogP contribution in [0, 0.1) is 11.8 Å². The monoisotopic (exact) mass is 146 g/mol. The SMILES string of the molecule is CC(C1CC1)C(F)C(=O)O. The maximum atomic E-state index is 12.6. The lowest BCUT2D eigenvalue weighted by atomic mass is 10.0. The molecule has 0 radical (unpaired) electrons. The molecule has 2 unspecified atom stereocenters. The number of alkyl halides is 1. The number of carboxylic acid groups (broad SMARTS) is 1. The van der Waals surface area contributed by atoms with Gasteiger partial charge in [0.15, 0.2) is 6.17 Å². The Hall–Kier alpha value is -0.600. The van der Waals surface area contributed by atoms with E-state index in [0.717, 1.165) is 12.8 Å². The first kappa shape index (κ1) is 7.51. The van der Waals surface area contributed by atoms with Crippen molar-refractivity contribution in [1.29, 1.82) is 0 Å². The average molecular weight is 146 g/mol. The van der Waals surface area contributed by atoms with E-state index in [9.17, 15) is 9.18 Å². The molecule has 2 atom stereocenters. The molecule has 1 rings (SSSR count). The maximum Gasteiger partial charge on any atom is 0.338 e. The molecule has 0 aliphatic heterocycles. The van der Waals surface area contributed by atoms with Gasteiger partial charge in [0.1, 0.15) is 0 Å². The van der Waals surface area contributed by atoms with Crippen molar-refractivity contribution >= 4 is 5.97 Å². The molecule has 0 aromatic heterocycles. The second-order valence-electron chi connectivity index (χ2n) is 2.94. The molecule has 0 heterocycles. The van der Waals surface area contributed by atoms with Crippen LogP contribution >= 0.6 is 0 Å². The van der Waals surface area contributed by atoms with Crippen molar-refractivity contribution in [2.75, 3.05) is 0 Å². The lowest BCUT2D eigenvalue weighted by Gasteiger charge is -2.10. The van der Waals surface area contributed by atoms with Gasteiger partial charge in [-0.05, 0) is 18.8 Å². The number of hydrogen-bond donors (Lipinski definition) is 1. The Bertz CT molecular complexity index is 143. The minimum absolute atomic E-state index is 0.294. The quantitative estimate of drug-likeness (QED) is 0.654. The Morgan fingerprint density at radius 2 is 2.20 bits per heavy atom. The molecular formula is C7H11FO2. The fraction of sp³-hybridized carbons (Fsp3) is 0.857. The number of rotatable bonds is 3. The van der Waals surface area contributed by atoms with E-state index in [1.807, 2.05) is 0 Å². The topological polar surface area (TPSA) is 37.3 Å². The molecule has 1 aliphatic carbocycles. The van der Waals surface area contributed by atoms with Crippen LogP contribution in [-0.2, 0) is 4.79 Å². The van der Waals surface area contributed by atoms with E-state index >= 15 is 0 Å². The molecule has 1 fully saturated rings. The second-order valence-corrected chi connectivity index (χ2v) is 2.94. The molecule has 0 spiro atoms. The maximum absolute atomic E-state index is 12.6. The average Bonchev–Trinajstić information content (AvgIpc) is 2.65. The van der Waals surface area contributed by atoms with Crippen LogP contribution in [0.3, 0.4) is 0 Å². The van der Waals surface area contributed by atoms with E-state index in [4.69, 9.17) is 5.11 Å². The predicted octanol–water partition coefficient (Wildman–Crippen LogP) is 1.46. The van der Waals surface area contributed by atoms with Crippen molar-refractivity contribution in [3.8, 4) is 0 Å². The van der Waals surface area contributed by atoms with Crippen molar-refractivity contribution in [2.24, 2.45) is 11.8 Å². The zero-order valence-corrected chi connectivity index (χ0v) is 5.88. The van der Waals surface area contributed by atoms with Gasteiger partial charge in [-0.25, -0.2) is 9.18 Å². The number of halogens is 1. The molecular weight excluding hydrogens is 135 g/mol. The minimum atomic E-state index is -1.66. The molecule has 10 heavy (non-hydrogen) atoms. The lowest BCUT2D eigenvalue weighted by molar-refractivity contribution is -0.145. The Morgan fingerprint density at radius 1 is 1.70 bits per heavy atom. The summed E-state index contributed by atoms with van der Waals surface area (Å²) in [7, 11) is 0. The van der Waals surface area contributed by atoms with Gasteiger partial charge < -0.3 is 5.11 Å². The van der Waals surface area contributed by atoms with E-state index in [2.05, 4.69) is 0 Å². The Morgan fingerprint density at radius 3 is 2.50 bits per heavy atom. The van der Waals surface area contributed by atoms with E-state index < -0.39 is 12.1 Å². The molecule has 0 bridgehead atoms. The first-order valence-electron chi connectivity index (χ1n) is 3.50. The first-order valence-corrected chi connectivity index (χ1v) is 3.50. The fourth-order valence-electron chi connectivity index (χ4n) is 1.09. The Balaban J connectivity index is 2.38. The van der Waals surface area contributed by atoms with Gasteiger partial charge in [0, 0.05) is 5.92 Å². The summed E-state index contributed by atoms with van der Waals surface area (Å²) in [4.78, 5) is 10.1. The molecule has 0 amide bonds. The van der Waals surface area contributed by atoms with Crippen LogP contribution in [-0.4, -0.2) is 17.2 Å². The van der Waals surface area contributed by atoms with E-state index in [1.54, 1.807) is 6.92 Å². The number of carboxylic acids is 1. The molecule has 3 heteroatoms. The molecule has 0 aromatic carbocycles. The van der Waals surface area contributed by atoms with Crippen LogP contribution in [0.5, 0.6) is 0 Å². The van der Waals surface area contributed by atoms with Crippen molar-refractivity contribution in [3.05, 3.63) is 0 Å². The lowest BCUT2D eigenvalue weighted by Crippen LogP contribution is -2.24. The Kier molecular flexibility index (Phi) is 1.92. The molecule has 2 nitrogen and oxygen atoms in total. The van der Waals surface area contributed by atoms with E-state index in [1.165, 1.54) is 0 Å². The van der Waals surface area contributed by atoms with Gasteiger partial charge in [-0.2, -0.15) is 0 Å². The highest BCUT2D eigenvalue weighted by molar-refractivity contribution is 5.72. The summed E-state index contributed by atoms with van der Waals surface area (Å²) < 4.78 is 12.6. The van der Waals surface area contributed by atoms with Crippen LogP contribution in [0.2, 0.25) is 0 Å². The van der Waals surface area contributed by atoms with Gasteiger partial charge in [0.25, 0.3) is 0 Å². The van der Waals surface area contributed by atoms with Crippen molar-refractivity contribution < 1.29 is 14.3 Å². The third-order valence-electron chi connectivity index (χ3n) is 2.06. The zero-order valence-electron chi connectivity index (χ0n) is 5.88. The van der Waals surface area contributed by atoms with E-state index in [0.29, 0.717) is 5.92 Å². The molecule has 1 N–H and O–H groups in total. The predicted molar refractivity (Wildman–Crippen MR) is 34.4 cm³/mol. The largest absolute Gasteiger partial charge is 0.479 e. The van der Waals surface area contributed by atoms with Gasteiger partial charge >= 0.3 is 5.97 Å². The normalized spacial score (nSPS) is 23.8. The standard InChI is InChI=1S/C7H11FO2/c1-4(5-2-3-5)6(8)7(9)10/h4-6H,2-3H2,1H3,(H,9,10). The third-order valence-corrected chi connectivity index (χ3v) is 2.06. The highest BCUT2D eigenvalue weighted by atomic mass is 19.1. The molecule has 1 aliphatic rings. The third kappa shape index (κ3) is 1.46. The summed E-state index contributed by atoms with van der Waals surface area (Å²) in [5.41, 5.74) is 0. The number of hydrogen-bond acceptors (Lipinski definition) is 1. The molecule has 1 saturated carbocycles. The molecule has 0 saturated heterocycles. The summed E-state index contributed by atoms with van der Waals surface area (Å²) in [5.74, 6) is -1.29. The van der Waals surface area contributed by atoms with Gasteiger partial charge in [0.2, 0.25) is 0 Å². The summed E-state index contributed by atoms with van der Waals surface area (Å²) >= 11 is 0.